The minimum atomic E-state index is 0.818. The van der Waals surface area contributed by atoms with Crippen molar-refractivity contribution in [1.29, 1.82) is 0 Å². The molecule has 0 bridgehead atoms. The third kappa shape index (κ3) is 3.02. The minimum absolute atomic E-state index is 0.818. The topological polar surface area (TPSA) is 44.8 Å². The van der Waals surface area contributed by atoms with Crippen LogP contribution < -0.4 is 0 Å². The molecular weight excluding hydrogens is 332 g/mol. The van der Waals surface area contributed by atoms with Crippen molar-refractivity contribution in [3.8, 4) is 11.4 Å². The first-order chi connectivity index (χ1) is 13.3. The predicted octanol–water partition coefficient (Wildman–Crippen LogP) is 4.49. The van der Waals surface area contributed by atoms with E-state index >= 15 is 0 Å². The van der Waals surface area contributed by atoms with Crippen molar-refractivity contribution in [2.24, 2.45) is 0 Å². The van der Waals surface area contributed by atoms with Crippen LogP contribution in [0.15, 0.2) is 60.9 Å². The number of fused-ring (bicyclic) bond motifs is 2. The molecule has 5 rings (SSSR count). The molecule has 0 saturated carbocycles. The first-order valence-corrected chi connectivity index (χ1v) is 9.46. The van der Waals surface area contributed by atoms with Crippen molar-refractivity contribution in [3.63, 3.8) is 0 Å². The molecule has 4 aromatic rings. The molecule has 0 aliphatic carbocycles. The van der Waals surface area contributed by atoms with Gasteiger partial charge in [0.05, 0.1) is 5.69 Å². The van der Waals surface area contributed by atoms with E-state index in [2.05, 4.69) is 58.3 Å². The van der Waals surface area contributed by atoms with Crippen LogP contribution >= 0.6 is 0 Å². The number of para-hydroxylation sites is 1. The minimum Gasteiger partial charge on any atom is -0.361 e. The van der Waals surface area contributed by atoms with Crippen LogP contribution in [0.5, 0.6) is 0 Å². The van der Waals surface area contributed by atoms with Gasteiger partial charge in [-0.3, -0.25) is 4.90 Å². The number of nitrogens with one attached hydrogen (secondary N) is 1. The maximum Gasteiger partial charge on any atom is 0.159 e. The fourth-order valence-electron chi connectivity index (χ4n) is 3.95. The van der Waals surface area contributed by atoms with E-state index in [1.54, 1.807) is 0 Å². The van der Waals surface area contributed by atoms with E-state index in [0.29, 0.717) is 0 Å². The molecule has 4 heteroatoms. The molecule has 1 N–H and O–H groups in total. The molecule has 1 aliphatic rings. The van der Waals surface area contributed by atoms with E-state index in [-0.39, 0.29) is 0 Å². The van der Waals surface area contributed by atoms with Crippen molar-refractivity contribution in [2.45, 2.75) is 26.4 Å². The lowest BCUT2D eigenvalue weighted by Gasteiger charge is -2.27. The molecular formula is C23H22N4. The van der Waals surface area contributed by atoms with Gasteiger partial charge in [-0.05, 0) is 30.0 Å². The fraction of sp³-hybridized carbons (Fsp3) is 0.217. The maximum absolute atomic E-state index is 4.88. The van der Waals surface area contributed by atoms with Crippen molar-refractivity contribution in [3.05, 3.63) is 83.3 Å². The molecule has 1 aliphatic heterocycles. The van der Waals surface area contributed by atoms with Gasteiger partial charge in [0.2, 0.25) is 0 Å². The summed E-state index contributed by atoms with van der Waals surface area (Å²) in [7, 11) is 0. The molecule has 0 atom stereocenters. The first-order valence-electron chi connectivity index (χ1n) is 9.46. The van der Waals surface area contributed by atoms with E-state index in [1.807, 2.05) is 24.4 Å². The number of H-pyrrole nitrogens is 1. The molecule has 27 heavy (non-hydrogen) atoms. The average molecular weight is 354 g/mol. The number of hydrogen-bond acceptors (Lipinski definition) is 3. The van der Waals surface area contributed by atoms with Crippen LogP contribution in [-0.4, -0.2) is 26.4 Å². The highest BCUT2D eigenvalue weighted by molar-refractivity contribution is 5.85. The summed E-state index contributed by atoms with van der Waals surface area (Å²) < 4.78 is 0. The van der Waals surface area contributed by atoms with Crippen LogP contribution in [0.2, 0.25) is 0 Å². The molecule has 0 spiro atoms. The number of nitrogens with zero attached hydrogens (tertiary/aromatic N) is 3. The Bertz CT molecular complexity index is 1100. The lowest BCUT2D eigenvalue weighted by atomic mass is 10.0. The maximum atomic E-state index is 4.88. The van der Waals surface area contributed by atoms with Gasteiger partial charge in [0.25, 0.3) is 0 Å². The normalized spacial score (nSPS) is 14.4. The zero-order valence-corrected chi connectivity index (χ0v) is 15.4. The number of benzene rings is 2. The molecule has 0 saturated heterocycles. The Morgan fingerprint density at radius 1 is 1.07 bits per heavy atom. The number of aryl methyl sites for hydroxylation is 1. The Morgan fingerprint density at radius 2 is 1.96 bits per heavy atom. The van der Waals surface area contributed by atoms with Crippen molar-refractivity contribution in [2.75, 3.05) is 6.54 Å². The number of aromatic amines is 1. The van der Waals surface area contributed by atoms with Crippen LogP contribution in [0, 0.1) is 6.92 Å². The second-order valence-electron chi connectivity index (χ2n) is 7.30. The van der Waals surface area contributed by atoms with Gasteiger partial charge in [-0.15, -0.1) is 0 Å². The van der Waals surface area contributed by atoms with Crippen LogP contribution in [0.1, 0.15) is 22.4 Å². The van der Waals surface area contributed by atoms with Gasteiger partial charge in [-0.2, -0.15) is 0 Å². The highest BCUT2D eigenvalue weighted by atomic mass is 15.1. The summed E-state index contributed by atoms with van der Waals surface area (Å²) in [6, 6.07) is 16.7. The molecule has 0 amide bonds. The summed E-state index contributed by atoms with van der Waals surface area (Å²) in [6.45, 7) is 5.01. The predicted molar refractivity (Wildman–Crippen MR) is 108 cm³/mol. The van der Waals surface area contributed by atoms with E-state index in [0.717, 1.165) is 43.1 Å². The molecule has 2 aromatic carbocycles. The van der Waals surface area contributed by atoms with Crippen molar-refractivity contribution in [1.82, 2.24) is 19.9 Å². The third-order valence-electron chi connectivity index (χ3n) is 5.46. The second-order valence-corrected chi connectivity index (χ2v) is 7.30. The fourth-order valence-corrected chi connectivity index (χ4v) is 3.95. The van der Waals surface area contributed by atoms with E-state index in [4.69, 9.17) is 4.98 Å². The largest absolute Gasteiger partial charge is 0.361 e. The van der Waals surface area contributed by atoms with Gasteiger partial charge in [-0.1, -0.05) is 48.5 Å². The summed E-state index contributed by atoms with van der Waals surface area (Å²) in [6.07, 6.45) is 5.17. The molecule has 3 heterocycles. The molecule has 4 nitrogen and oxygen atoms in total. The summed E-state index contributed by atoms with van der Waals surface area (Å²) in [5.74, 6) is 0.818. The molecule has 0 radical (unpaired) electrons. The van der Waals surface area contributed by atoms with Gasteiger partial charge in [0.15, 0.2) is 5.82 Å². The summed E-state index contributed by atoms with van der Waals surface area (Å²) >= 11 is 0. The van der Waals surface area contributed by atoms with E-state index < -0.39 is 0 Å². The zero-order chi connectivity index (χ0) is 18.2. The van der Waals surface area contributed by atoms with Gasteiger partial charge in [0.1, 0.15) is 0 Å². The second kappa shape index (κ2) is 6.63. The highest BCUT2D eigenvalue weighted by Gasteiger charge is 2.20. The standard InChI is InChI=1S/C23H22N4/c1-16-6-5-9-20-19(13-24-22(16)20)14-27-11-10-18-12-25-23(26-21(18)15-27)17-7-3-2-4-8-17/h2-9,12-13,24H,10-11,14-15H2,1H3. The summed E-state index contributed by atoms with van der Waals surface area (Å²) in [5, 5.41) is 1.33. The number of hydrogen-bond donors (Lipinski definition) is 1. The van der Waals surface area contributed by atoms with Gasteiger partial charge in [0, 0.05) is 48.5 Å². The first kappa shape index (κ1) is 16.2. The SMILES string of the molecule is Cc1cccc2c(CN3CCc4cnc(-c5ccccc5)nc4C3)c[nH]c12. The lowest BCUT2D eigenvalue weighted by Crippen LogP contribution is -2.31. The number of rotatable bonds is 3. The Hall–Kier alpha value is -2.98. The quantitative estimate of drug-likeness (QED) is 0.589. The van der Waals surface area contributed by atoms with Gasteiger partial charge < -0.3 is 4.98 Å². The molecule has 134 valence electrons. The Morgan fingerprint density at radius 3 is 2.85 bits per heavy atom. The Kier molecular flexibility index (Phi) is 3.98. The monoisotopic (exact) mass is 354 g/mol. The van der Waals surface area contributed by atoms with Gasteiger partial charge in [-0.25, -0.2) is 9.97 Å². The molecule has 0 unspecified atom stereocenters. The van der Waals surface area contributed by atoms with E-state index in [1.165, 1.54) is 27.6 Å². The number of aromatic nitrogens is 3. The van der Waals surface area contributed by atoms with Crippen LogP contribution in [0.3, 0.4) is 0 Å². The summed E-state index contributed by atoms with van der Waals surface area (Å²) in [4.78, 5) is 15.4. The van der Waals surface area contributed by atoms with E-state index in [9.17, 15) is 0 Å². The Balaban J connectivity index is 1.41. The lowest BCUT2D eigenvalue weighted by molar-refractivity contribution is 0.242. The third-order valence-corrected chi connectivity index (χ3v) is 5.46. The zero-order valence-electron chi connectivity index (χ0n) is 15.4. The van der Waals surface area contributed by atoms with Crippen LogP contribution in [-0.2, 0) is 19.5 Å². The molecule has 2 aromatic heterocycles. The average Bonchev–Trinajstić information content (AvgIpc) is 3.12. The smallest absolute Gasteiger partial charge is 0.159 e. The van der Waals surface area contributed by atoms with Crippen LogP contribution in [0.4, 0.5) is 0 Å². The van der Waals surface area contributed by atoms with Gasteiger partial charge >= 0.3 is 0 Å². The van der Waals surface area contributed by atoms with Crippen LogP contribution in [0.25, 0.3) is 22.3 Å². The highest BCUT2D eigenvalue weighted by Crippen LogP contribution is 2.26. The Labute approximate surface area is 158 Å². The van der Waals surface area contributed by atoms with Crippen molar-refractivity contribution < 1.29 is 0 Å². The van der Waals surface area contributed by atoms with Crippen molar-refractivity contribution >= 4 is 10.9 Å². The summed E-state index contributed by atoms with van der Waals surface area (Å²) in [5.41, 5.74) is 7.41. The molecule has 0 fully saturated rings.